The van der Waals surface area contributed by atoms with Gasteiger partial charge in [0.2, 0.25) is 0 Å². The van der Waals surface area contributed by atoms with Crippen molar-refractivity contribution in [3.63, 3.8) is 0 Å². The predicted molar refractivity (Wildman–Crippen MR) is 86.7 cm³/mol. The van der Waals surface area contributed by atoms with Gasteiger partial charge in [0.05, 0.1) is 18.1 Å². The highest BCUT2D eigenvalue weighted by Gasteiger charge is 2.14. The molecule has 7 nitrogen and oxygen atoms in total. The highest BCUT2D eigenvalue weighted by Crippen LogP contribution is 2.13. The van der Waals surface area contributed by atoms with E-state index in [0.29, 0.717) is 32.5 Å². The van der Waals surface area contributed by atoms with Gasteiger partial charge in [-0.25, -0.2) is 4.79 Å². The molecule has 0 bridgehead atoms. The van der Waals surface area contributed by atoms with Crippen LogP contribution in [0.4, 0.5) is 0 Å². The number of hydrogen-bond donors (Lipinski definition) is 0. The molecule has 0 atom stereocenters. The van der Waals surface area contributed by atoms with Crippen LogP contribution in [-0.2, 0) is 33.6 Å². The van der Waals surface area contributed by atoms with Gasteiger partial charge >= 0.3 is 5.97 Å². The molecule has 0 N–H and O–H groups in total. The van der Waals surface area contributed by atoms with Crippen LogP contribution in [0.1, 0.15) is 31.7 Å². The van der Waals surface area contributed by atoms with Gasteiger partial charge in [0, 0.05) is 20.1 Å². The Morgan fingerprint density at radius 3 is 2.25 bits per heavy atom. The Hall–Kier alpha value is -1.48. The average molecular weight is 360 g/mol. The van der Waals surface area contributed by atoms with Crippen molar-refractivity contribution in [2.45, 2.75) is 38.0 Å². The highest BCUT2D eigenvalue weighted by molar-refractivity contribution is 7.86. The molecule has 0 heterocycles. The summed E-state index contributed by atoms with van der Waals surface area (Å²) in [4.78, 5) is 19.5. The van der Waals surface area contributed by atoms with E-state index in [1.807, 2.05) is 6.92 Å². The minimum atomic E-state index is -3.69. The molecule has 0 unspecified atom stereocenters. The van der Waals surface area contributed by atoms with E-state index < -0.39 is 16.1 Å². The second kappa shape index (κ2) is 11.1. The van der Waals surface area contributed by atoms with Gasteiger partial charge in [-0.1, -0.05) is 17.7 Å². The van der Waals surface area contributed by atoms with Gasteiger partial charge in [-0.2, -0.15) is 13.3 Å². The zero-order chi connectivity index (χ0) is 17.8. The maximum Gasteiger partial charge on any atom is 0.339 e. The lowest BCUT2D eigenvalue weighted by Crippen LogP contribution is -2.09. The van der Waals surface area contributed by atoms with Crippen LogP contribution >= 0.6 is 0 Å². The summed E-state index contributed by atoms with van der Waals surface area (Å²) in [6, 6.07) is 6.53. The highest BCUT2D eigenvalue weighted by atomic mass is 32.2. The summed E-state index contributed by atoms with van der Waals surface area (Å²) in [7, 11) is -3.69. The molecule has 24 heavy (non-hydrogen) atoms. The standard InChI is InChI=1S/C16H24O7S/c1-14-6-8-16(9-7-14)24(18,19)22-13-4-3-10-20-11-5-12-21-23-15(2)17/h6-9H,3-5,10-13H2,1-2H3. The summed E-state index contributed by atoms with van der Waals surface area (Å²) in [5.74, 6) is -0.489. The zero-order valence-corrected chi connectivity index (χ0v) is 14.8. The van der Waals surface area contributed by atoms with Crippen molar-refractivity contribution in [2.75, 3.05) is 26.4 Å². The van der Waals surface area contributed by atoms with Crippen molar-refractivity contribution in [1.29, 1.82) is 0 Å². The van der Waals surface area contributed by atoms with Gasteiger partial charge in [0.25, 0.3) is 10.1 Å². The first-order chi connectivity index (χ1) is 11.4. The molecule has 0 aliphatic heterocycles. The Morgan fingerprint density at radius 1 is 0.958 bits per heavy atom. The minimum Gasteiger partial charge on any atom is -0.381 e. The third kappa shape index (κ3) is 8.97. The Bertz CT molecular complexity index is 581. The molecule has 0 aliphatic rings. The Kier molecular flexibility index (Phi) is 9.55. The number of carbonyl (C=O) groups is 1. The first kappa shape index (κ1) is 20.6. The van der Waals surface area contributed by atoms with Gasteiger partial charge in [-0.15, -0.1) is 0 Å². The van der Waals surface area contributed by atoms with Crippen LogP contribution in [0.2, 0.25) is 0 Å². The quantitative estimate of drug-likeness (QED) is 0.245. The molecule has 0 saturated carbocycles. The topological polar surface area (TPSA) is 88.1 Å². The molecule has 0 aliphatic carbocycles. The van der Waals surface area contributed by atoms with Gasteiger partial charge in [-0.3, -0.25) is 9.07 Å². The molecule has 1 aromatic rings. The third-order valence-corrected chi connectivity index (χ3v) is 4.25. The molecule has 1 rings (SSSR count). The van der Waals surface area contributed by atoms with Crippen LogP contribution in [0, 0.1) is 6.92 Å². The average Bonchev–Trinajstić information content (AvgIpc) is 2.52. The molecule has 0 radical (unpaired) electrons. The van der Waals surface area contributed by atoms with Crippen LogP contribution < -0.4 is 0 Å². The minimum absolute atomic E-state index is 0.120. The third-order valence-electron chi connectivity index (χ3n) is 2.92. The van der Waals surface area contributed by atoms with Crippen LogP contribution in [-0.4, -0.2) is 40.8 Å². The smallest absolute Gasteiger partial charge is 0.339 e. The van der Waals surface area contributed by atoms with Gasteiger partial charge in [-0.05, 0) is 38.3 Å². The molecule has 0 aromatic heterocycles. The summed E-state index contributed by atoms with van der Waals surface area (Å²) >= 11 is 0. The van der Waals surface area contributed by atoms with E-state index in [-0.39, 0.29) is 18.1 Å². The lowest BCUT2D eigenvalue weighted by atomic mass is 10.2. The van der Waals surface area contributed by atoms with E-state index in [1.165, 1.54) is 19.1 Å². The molecule has 0 saturated heterocycles. The normalized spacial score (nSPS) is 11.4. The molecule has 8 heteroatoms. The molecule has 0 amide bonds. The van der Waals surface area contributed by atoms with Gasteiger partial charge in [0.1, 0.15) is 0 Å². The number of unbranched alkanes of at least 4 members (excludes halogenated alkanes) is 1. The fourth-order valence-electron chi connectivity index (χ4n) is 1.69. The van der Waals surface area contributed by atoms with Crippen molar-refractivity contribution in [3.8, 4) is 0 Å². The van der Waals surface area contributed by atoms with Crippen molar-refractivity contribution >= 4 is 16.1 Å². The van der Waals surface area contributed by atoms with Crippen LogP contribution in [0.25, 0.3) is 0 Å². The van der Waals surface area contributed by atoms with Crippen molar-refractivity contribution in [3.05, 3.63) is 29.8 Å². The first-order valence-corrected chi connectivity index (χ1v) is 9.16. The number of benzene rings is 1. The van der Waals surface area contributed by atoms with E-state index in [4.69, 9.17) is 8.92 Å². The lowest BCUT2D eigenvalue weighted by Gasteiger charge is -2.07. The molecule has 0 fully saturated rings. The zero-order valence-electron chi connectivity index (χ0n) is 14.0. The van der Waals surface area contributed by atoms with Crippen LogP contribution in [0.3, 0.4) is 0 Å². The molecule has 1 aromatic carbocycles. The monoisotopic (exact) mass is 360 g/mol. The largest absolute Gasteiger partial charge is 0.381 e. The van der Waals surface area contributed by atoms with E-state index in [2.05, 4.69) is 9.78 Å². The SMILES string of the molecule is CC(=O)OOCCCOCCCCOS(=O)(=O)c1ccc(C)cc1. The second-order valence-corrected chi connectivity index (χ2v) is 6.77. The van der Waals surface area contributed by atoms with Crippen LogP contribution in [0.15, 0.2) is 29.2 Å². The van der Waals surface area contributed by atoms with E-state index in [0.717, 1.165) is 5.56 Å². The first-order valence-electron chi connectivity index (χ1n) is 7.76. The second-order valence-electron chi connectivity index (χ2n) is 5.16. The number of aryl methyl sites for hydroxylation is 1. The summed E-state index contributed by atoms with van der Waals surface area (Å²) in [6.07, 6.45) is 1.87. The fraction of sp³-hybridized carbons (Fsp3) is 0.562. The maximum absolute atomic E-state index is 11.9. The number of ether oxygens (including phenoxy) is 1. The van der Waals surface area contributed by atoms with Gasteiger partial charge < -0.3 is 4.74 Å². The summed E-state index contributed by atoms with van der Waals surface area (Å²) < 4.78 is 34.2. The molecular formula is C16H24O7S. The van der Waals surface area contributed by atoms with E-state index in [9.17, 15) is 13.2 Å². The number of rotatable bonds is 12. The van der Waals surface area contributed by atoms with Gasteiger partial charge in [0.15, 0.2) is 0 Å². The van der Waals surface area contributed by atoms with Crippen molar-refractivity contribution in [2.24, 2.45) is 0 Å². The summed E-state index contributed by atoms with van der Waals surface area (Å²) in [5, 5.41) is 0. The molecule has 136 valence electrons. The molecular weight excluding hydrogens is 336 g/mol. The summed E-state index contributed by atoms with van der Waals surface area (Å²) in [6.45, 7) is 4.52. The van der Waals surface area contributed by atoms with Crippen molar-refractivity contribution < 1.29 is 31.9 Å². The van der Waals surface area contributed by atoms with Crippen LogP contribution in [0.5, 0.6) is 0 Å². The lowest BCUT2D eigenvalue weighted by molar-refractivity contribution is -0.271. The fourth-order valence-corrected chi connectivity index (χ4v) is 2.64. The Balaban J connectivity index is 2.03. The number of carbonyl (C=O) groups excluding carboxylic acids is 1. The van der Waals surface area contributed by atoms with E-state index in [1.54, 1.807) is 12.1 Å². The Morgan fingerprint density at radius 2 is 1.58 bits per heavy atom. The maximum atomic E-state index is 11.9. The number of hydrogen-bond acceptors (Lipinski definition) is 7. The van der Waals surface area contributed by atoms with E-state index >= 15 is 0 Å². The predicted octanol–water partition coefficient (Wildman–Crippen LogP) is 2.38. The van der Waals surface area contributed by atoms with Crippen molar-refractivity contribution in [1.82, 2.24) is 0 Å². The Labute approximate surface area is 142 Å². The molecule has 0 spiro atoms. The summed E-state index contributed by atoms with van der Waals surface area (Å²) in [5.41, 5.74) is 0.990.